The van der Waals surface area contributed by atoms with E-state index < -0.39 is 0 Å². The minimum atomic E-state index is -0.233. The number of rotatable bonds is 3. The van der Waals surface area contributed by atoms with Crippen LogP contribution in [-0.4, -0.2) is 22.6 Å². The summed E-state index contributed by atoms with van der Waals surface area (Å²) < 4.78 is 0. The van der Waals surface area contributed by atoms with E-state index in [-0.39, 0.29) is 12.5 Å². The fourth-order valence-corrected chi connectivity index (χ4v) is 1.86. The number of aromatic nitrogens is 1. The van der Waals surface area contributed by atoms with Gasteiger partial charge in [-0.05, 0) is 31.2 Å². The Bertz CT molecular complexity index is 685. The molecular formula is C17H16N2O2. The molecule has 1 aromatic heterocycles. The average Bonchev–Trinajstić information content (AvgIpc) is 2.52. The van der Waals surface area contributed by atoms with Gasteiger partial charge in [-0.2, -0.15) is 0 Å². The first-order valence-corrected chi connectivity index (χ1v) is 6.59. The number of nitrogens with one attached hydrogen (secondary N) is 1. The number of benzene rings is 1. The molecule has 0 aliphatic heterocycles. The van der Waals surface area contributed by atoms with E-state index in [9.17, 15) is 4.79 Å². The fourth-order valence-electron chi connectivity index (χ4n) is 1.86. The smallest absolute Gasteiger partial charge is 0.252 e. The number of hydrogen-bond donors (Lipinski definition) is 2. The van der Waals surface area contributed by atoms with Gasteiger partial charge in [0.2, 0.25) is 0 Å². The lowest BCUT2D eigenvalue weighted by atomic mass is 10.0. The third kappa shape index (κ3) is 4.16. The first-order chi connectivity index (χ1) is 10.2. The zero-order valence-corrected chi connectivity index (χ0v) is 11.8. The molecule has 0 atom stereocenters. The van der Waals surface area contributed by atoms with Crippen molar-refractivity contribution in [3.05, 3.63) is 65.0 Å². The number of aliphatic hydroxyl groups is 1. The zero-order valence-electron chi connectivity index (χ0n) is 11.8. The predicted molar refractivity (Wildman–Crippen MR) is 80.6 cm³/mol. The molecule has 2 rings (SSSR count). The molecule has 2 aromatic rings. The SMILES string of the molecule is Cc1ccc(C#CCO)c(C(=O)NCc2ccccn2)c1. The summed E-state index contributed by atoms with van der Waals surface area (Å²) in [6.45, 7) is 2.04. The first kappa shape index (κ1) is 14.8. The molecule has 0 unspecified atom stereocenters. The summed E-state index contributed by atoms with van der Waals surface area (Å²) in [5.74, 6) is 5.16. The molecule has 0 spiro atoms. The highest BCUT2D eigenvalue weighted by molar-refractivity contribution is 5.96. The highest BCUT2D eigenvalue weighted by Crippen LogP contribution is 2.11. The third-order valence-corrected chi connectivity index (χ3v) is 2.88. The lowest BCUT2D eigenvalue weighted by molar-refractivity contribution is 0.0950. The summed E-state index contributed by atoms with van der Waals surface area (Å²) in [6.07, 6.45) is 1.69. The van der Waals surface area contributed by atoms with Crippen LogP contribution in [0.15, 0.2) is 42.6 Å². The van der Waals surface area contributed by atoms with Crippen LogP contribution in [-0.2, 0) is 6.54 Å². The summed E-state index contributed by atoms with van der Waals surface area (Å²) in [5.41, 5.74) is 2.88. The molecule has 0 aliphatic carbocycles. The first-order valence-electron chi connectivity index (χ1n) is 6.59. The van der Waals surface area contributed by atoms with Gasteiger partial charge in [0.05, 0.1) is 17.8 Å². The number of aliphatic hydroxyl groups excluding tert-OH is 1. The Kier molecular flexibility index (Phi) is 5.08. The second-order valence-corrected chi connectivity index (χ2v) is 4.51. The van der Waals surface area contributed by atoms with E-state index in [1.165, 1.54) is 0 Å². The van der Waals surface area contributed by atoms with Crippen molar-refractivity contribution < 1.29 is 9.90 Å². The van der Waals surface area contributed by atoms with E-state index in [2.05, 4.69) is 22.1 Å². The normalized spacial score (nSPS) is 9.62. The van der Waals surface area contributed by atoms with Crippen molar-refractivity contribution in [1.82, 2.24) is 10.3 Å². The number of aryl methyl sites for hydroxylation is 1. The summed E-state index contributed by atoms with van der Waals surface area (Å²) >= 11 is 0. The van der Waals surface area contributed by atoms with Crippen LogP contribution in [0.4, 0.5) is 0 Å². The van der Waals surface area contributed by atoms with Gasteiger partial charge in [-0.1, -0.05) is 29.5 Å². The number of nitrogens with zero attached hydrogens (tertiary/aromatic N) is 1. The number of pyridine rings is 1. The molecule has 0 saturated carbocycles. The Balaban J connectivity index is 2.16. The van der Waals surface area contributed by atoms with Crippen LogP contribution < -0.4 is 5.32 Å². The van der Waals surface area contributed by atoms with E-state index in [1.807, 2.05) is 31.2 Å². The topological polar surface area (TPSA) is 62.2 Å². The Hall–Kier alpha value is -2.64. The maximum Gasteiger partial charge on any atom is 0.252 e. The van der Waals surface area contributed by atoms with Crippen LogP contribution in [0.25, 0.3) is 0 Å². The van der Waals surface area contributed by atoms with Crippen molar-refractivity contribution in [2.75, 3.05) is 6.61 Å². The molecule has 0 aliphatic rings. The zero-order chi connectivity index (χ0) is 15.1. The third-order valence-electron chi connectivity index (χ3n) is 2.88. The maximum atomic E-state index is 12.3. The molecule has 0 fully saturated rings. The van der Waals surface area contributed by atoms with Gasteiger partial charge >= 0.3 is 0 Å². The Morgan fingerprint density at radius 2 is 2.19 bits per heavy atom. The monoisotopic (exact) mass is 280 g/mol. The minimum Gasteiger partial charge on any atom is -0.384 e. The van der Waals surface area contributed by atoms with Crippen molar-refractivity contribution in [3.63, 3.8) is 0 Å². The molecule has 4 nitrogen and oxygen atoms in total. The van der Waals surface area contributed by atoms with E-state index >= 15 is 0 Å². The maximum absolute atomic E-state index is 12.3. The average molecular weight is 280 g/mol. The van der Waals surface area contributed by atoms with Crippen molar-refractivity contribution in [1.29, 1.82) is 0 Å². The van der Waals surface area contributed by atoms with E-state index in [4.69, 9.17) is 5.11 Å². The van der Waals surface area contributed by atoms with Crippen LogP contribution in [0.3, 0.4) is 0 Å². The van der Waals surface area contributed by atoms with Crippen LogP contribution in [0, 0.1) is 18.8 Å². The second kappa shape index (κ2) is 7.22. The van der Waals surface area contributed by atoms with Crippen LogP contribution in [0.2, 0.25) is 0 Å². The Labute approximate surface area is 123 Å². The largest absolute Gasteiger partial charge is 0.384 e. The summed E-state index contributed by atoms with van der Waals surface area (Å²) in [5, 5.41) is 11.6. The second-order valence-electron chi connectivity index (χ2n) is 4.51. The van der Waals surface area contributed by atoms with Gasteiger partial charge in [0.25, 0.3) is 5.91 Å². The number of hydrogen-bond acceptors (Lipinski definition) is 3. The Morgan fingerprint density at radius 1 is 1.33 bits per heavy atom. The molecule has 21 heavy (non-hydrogen) atoms. The van der Waals surface area contributed by atoms with Crippen LogP contribution in [0.1, 0.15) is 27.2 Å². The molecule has 0 bridgehead atoms. The fraction of sp³-hybridized carbons (Fsp3) is 0.176. The minimum absolute atomic E-state index is 0.202. The molecular weight excluding hydrogens is 264 g/mol. The molecule has 106 valence electrons. The van der Waals surface area contributed by atoms with Gasteiger partial charge in [-0.3, -0.25) is 9.78 Å². The molecule has 1 aromatic carbocycles. The van der Waals surface area contributed by atoms with Crippen molar-refractivity contribution in [2.45, 2.75) is 13.5 Å². The molecule has 1 heterocycles. The lowest BCUT2D eigenvalue weighted by Crippen LogP contribution is -2.24. The number of carbonyl (C=O) groups is 1. The van der Waals surface area contributed by atoms with Gasteiger partial charge in [0.1, 0.15) is 6.61 Å². The quantitative estimate of drug-likeness (QED) is 0.841. The van der Waals surface area contributed by atoms with Crippen LogP contribution in [0.5, 0.6) is 0 Å². The lowest BCUT2D eigenvalue weighted by Gasteiger charge is -2.07. The van der Waals surface area contributed by atoms with Gasteiger partial charge in [0, 0.05) is 11.8 Å². The number of amides is 1. The molecule has 4 heteroatoms. The summed E-state index contributed by atoms with van der Waals surface area (Å²) in [4.78, 5) is 16.4. The molecule has 0 radical (unpaired) electrons. The van der Waals surface area contributed by atoms with Crippen molar-refractivity contribution in [3.8, 4) is 11.8 Å². The van der Waals surface area contributed by atoms with E-state index in [1.54, 1.807) is 18.3 Å². The van der Waals surface area contributed by atoms with E-state index in [0.29, 0.717) is 17.7 Å². The van der Waals surface area contributed by atoms with E-state index in [0.717, 1.165) is 11.3 Å². The Morgan fingerprint density at radius 3 is 2.90 bits per heavy atom. The summed E-state index contributed by atoms with van der Waals surface area (Å²) in [6, 6.07) is 11.0. The number of carbonyl (C=O) groups excluding carboxylic acids is 1. The van der Waals surface area contributed by atoms with Gasteiger partial charge < -0.3 is 10.4 Å². The van der Waals surface area contributed by atoms with Crippen molar-refractivity contribution >= 4 is 5.91 Å². The standard InChI is InChI=1S/C17H16N2O2/c1-13-7-8-14(5-4-10-20)16(11-13)17(21)19-12-15-6-2-3-9-18-15/h2-3,6-9,11,20H,10,12H2,1H3,(H,19,21). The van der Waals surface area contributed by atoms with Crippen LogP contribution >= 0.6 is 0 Å². The van der Waals surface area contributed by atoms with Gasteiger partial charge in [-0.15, -0.1) is 0 Å². The highest BCUT2D eigenvalue weighted by Gasteiger charge is 2.10. The molecule has 0 saturated heterocycles. The predicted octanol–water partition coefficient (Wildman–Crippen LogP) is 1.66. The summed E-state index contributed by atoms with van der Waals surface area (Å²) in [7, 11) is 0. The van der Waals surface area contributed by atoms with Gasteiger partial charge in [-0.25, -0.2) is 0 Å². The van der Waals surface area contributed by atoms with Gasteiger partial charge in [0.15, 0.2) is 0 Å². The highest BCUT2D eigenvalue weighted by atomic mass is 16.2. The molecule has 2 N–H and O–H groups in total. The molecule has 1 amide bonds. The van der Waals surface area contributed by atoms with Crippen molar-refractivity contribution in [2.24, 2.45) is 0 Å².